The van der Waals surface area contributed by atoms with Crippen molar-refractivity contribution in [3.8, 4) is 0 Å². The van der Waals surface area contributed by atoms with Gasteiger partial charge in [-0.15, -0.1) is 0 Å². The smallest absolute Gasteiger partial charge is 0.302 e. The standard InChI is InChI=1S/C24H36O2P/c1-21(25)26-19-11-12-20-27(22-13-5-2-6-14-22,23-15-7-3-8-16-23)24-17-9-4-10-18-24/h2,5-6,11-14,23-24H,3-4,7-10,15-20H2,1H3/q+1. The average Bonchev–Trinajstić information content (AvgIpc) is 2.73. The molecule has 0 aliphatic heterocycles. The highest BCUT2D eigenvalue weighted by Crippen LogP contribution is 2.71. The topological polar surface area (TPSA) is 26.3 Å². The van der Waals surface area contributed by atoms with Crippen LogP contribution in [0.25, 0.3) is 0 Å². The molecule has 2 aliphatic rings. The molecule has 0 spiro atoms. The highest BCUT2D eigenvalue weighted by molar-refractivity contribution is 7.84. The zero-order valence-electron chi connectivity index (χ0n) is 16.9. The number of carbonyl (C=O) groups excluding carboxylic acids is 1. The molecule has 2 nitrogen and oxygen atoms in total. The Labute approximate surface area is 166 Å². The number of esters is 1. The van der Waals surface area contributed by atoms with Gasteiger partial charge in [0.05, 0.1) is 30.0 Å². The third-order valence-electron chi connectivity index (χ3n) is 6.65. The van der Waals surface area contributed by atoms with E-state index in [0.717, 1.165) is 11.3 Å². The van der Waals surface area contributed by atoms with E-state index in [0.29, 0.717) is 6.61 Å². The summed E-state index contributed by atoms with van der Waals surface area (Å²) in [7, 11) is -1.29. The fourth-order valence-corrected chi connectivity index (χ4v) is 11.4. The molecule has 148 valence electrons. The summed E-state index contributed by atoms with van der Waals surface area (Å²) < 4.78 is 5.14. The predicted octanol–water partition coefficient (Wildman–Crippen LogP) is 6.11. The molecule has 0 atom stereocenters. The van der Waals surface area contributed by atoms with Crippen LogP contribution in [0, 0.1) is 0 Å². The van der Waals surface area contributed by atoms with Crippen LogP contribution in [0.3, 0.4) is 0 Å². The van der Waals surface area contributed by atoms with Crippen LogP contribution in [0.1, 0.15) is 71.1 Å². The van der Waals surface area contributed by atoms with E-state index in [9.17, 15) is 4.79 Å². The minimum absolute atomic E-state index is 0.191. The van der Waals surface area contributed by atoms with E-state index in [1.165, 1.54) is 77.3 Å². The van der Waals surface area contributed by atoms with Crippen LogP contribution >= 0.6 is 7.26 Å². The summed E-state index contributed by atoms with van der Waals surface area (Å²) >= 11 is 0. The molecular weight excluding hydrogens is 351 g/mol. The van der Waals surface area contributed by atoms with Gasteiger partial charge in [0.15, 0.2) is 0 Å². The van der Waals surface area contributed by atoms with E-state index in [-0.39, 0.29) is 5.97 Å². The molecule has 0 aromatic heterocycles. The third-order valence-corrected chi connectivity index (χ3v) is 12.4. The summed E-state index contributed by atoms with van der Waals surface area (Å²) in [5.74, 6) is -0.191. The van der Waals surface area contributed by atoms with E-state index in [2.05, 4.69) is 42.5 Å². The molecule has 3 heteroatoms. The van der Waals surface area contributed by atoms with Crippen molar-refractivity contribution < 1.29 is 9.53 Å². The fourth-order valence-electron chi connectivity index (χ4n) is 5.39. The summed E-state index contributed by atoms with van der Waals surface area (Å²) in [6.07, 6.45) is 19.7. The fraction of sp³-hybridized carbons (Fsp3) is 0.625. The second-order valence-corrected chi connectivity index (χ2v) is 12.5. The number of rotatable bonds is 7. The summed E-state index contributed by atoms with van der Waals surface area (Å²) in [6, 6.07) is 11.5. The van der Waals surface area contributed by atoms with E-state index in [1.807, 2.05) is 0 Å². The van der Waals surface area contributed by atoms with Crippen molar-refractivity contribution in [1.82, 2.24) is 0 Å². The van der Waals surface area contributed by atoms with Crippen LogP contribution < -0.4 is 5.30 Å². The molecule has 1 aromatic rings. The van der Waals surface area contributed by atoms with Gasteiger partial charge in [-0.1, -0.05) is 31.0 Å². The molecule has 0 amide bonds. The monoisotopic (exact) mass is 387 g/mol. The van der Waals surface area contributed by atoms with Gasteiger partial charge >= 0.3 is 5.97 Å². The Morgan fingerprint density at radius 2 is 1.48 bits per heavy atom. The van der Waals surface area contributed by atoms with Crippen LogP contribution in [0.5, 0.6) is 0 Å². The van der Waals surface area contributed by atoms with E-state index >= 15 is 0 Å². The highest BCUT2D eigenvalue weighted by atomic mass is 31.2. The normalized spacial score (nSPS) is 20.0. The minimum Gasteiger partial charge on any atom is -0.462 e. The van der Waals surface area contributed by atoms with Crippen molar-refractivity contribution in [2.45, 2.75) is 82.4 Å². The molecule has 2 aliphatic carbocycles. The van der Waals surface area contributed by atoms with Crippen LogP contribution in [-0.4, -0.2) is 30.1 Å². The highest BCUT2D eigenvalue weighted by Gasteiger charge is 2.52. The van der Waals surface area contributed by atoms with E-state index < -0.39 is 7.26 Å². The maximum atomic E-state index is 11.1. The summed E-state index contributed by atoms with van der Waals surface area (Å²) in [6.45, 7) is 1.90. The van der Waals surface area contributed by atoms with Gasteiger partial charge < -0.3 is 4.74 Å². The summed E-state index contributed by atoms with van der Waals surface area (Å²) in [5.41, 5.74) is 1.77. The molecule has 27 heavy (non-hydrogen) atoms. The Morgan fingerprint density at radius 3 is 2.00 bits per heavy atom. The molecule has 0 radical (unpaired) electrons. The second kappa shape index (κ2) is 10.4. The molecule has 2 fully saturated rings. The van der Waals surface area contributed by atoms with Crippen LogP contribution in [0.15, 0.2) is 42.5 Å². The second-order valence-electron chi connectivity index (χ2n) is 8.31. The number of benzene rings is 1. The van der Waals surface area contributed by atoms with Gasteiger partial charge in [0.25, 0.3) is 0 Å². The van der Waals surface area contributed by atoms with Crippen LogP contribution in [0.4, 0.5) is 0 Å². The molecular formula is C24H36O2P+. The minimum atomic E-state index is -1.29. The molecule has 0 N–H and O–H groups in total. The number of ether oxygens (including phenoxy) is 1. The molecule has 1 aromatic carbocycles. The zero-order chi connectivity index (χ0) is 19.0. The van der Waals surface area contributed by atoms with Crippen molar-refractivity contribution in [1.29, 1.82) is 0 Å². The average molecular weight is 388 g/mol. The lowest BCUT2D eigenvalue weighted by molar-refractivity contribution is -0.139. The molecule has 0 unspecified atom stereocenters. The quantitative estimate of drug-likeness (QED) is 0.320. The summed E-state index contributed by atoms with van der Waals surface area (Å²) in [4.78, 5) is 11.1. The first-order valence-corrected chi connectivity index (χ1v) is 13.1. The van der Waals surface area contributed by atoms with Crippen molar-refractivity contribution in [2.24, 2.45) is 0 Å². The van der Waals surface area contributed by atoms with Gasteiger partial charge in [-0.05, 0) is 75.7 Å². The maximum absolute atomic E-state index is 11.1. The molecule has 3 rings (SSSR count). The van der Waals surface area contributed by atoms with Gasteiger partial charge in [0.1, 0.15) is 6.61 Å². The number of carbonyl (C=O) groups is 1. The lowest BCUT2D eigenvalue weighted by Crippen LogP contribution is -2.36. The molecule has 0 bridgehead atoms. The lowest BCUT2D eigenvalue weighted by Gasteiger charge is -2.43. The summed E-state index contributed by atoms with van der Waals surface area (Å²) in [5, 5.41) is 1.65. The van der Waals surface area contributed by atoms with Crippen molar-refractivity contribution in [2.75, 3.05) is 12.8 Å². The number of hydrogen-bond donors (Lipinski definition) is 0. The van der Waals surface area contributed by atoms with Gasteiger partial charge in [0, 0.05) is 6.92 Å². The Kier molecular flexibility index (Phi) is 7.94. The van der Waals surface area contributed by atoms with Gasteiger partial charge in [0.2, 0.25) is 0 Å². The first-order chi connectivity index (χ1) is 13.2. The van der Waals surface area contributed by atoms with Crippen molar-refractivity contribution in [3.05, 3.63) is 42.5 Å². The zero-order valence-corrected chi connectivity index (χ0v) is 17.8. The maximum Gasteiger partial charge on any atom is 0.302 e. The first-order valence-electron chi connectivity index (χ1n) is 10.9. The third kappa shape index (κ3) is 5.23. The Morgan fingerprint density at radius 1 is 0.926 bits per heavy atom. The molecule has 0 heterocycles. The van der Waals surface area contributed by atoms with Gasteiger partial charge in [-0.25, -0.2) is 0 Å². The Balaban J connectivity index is 1.91. The predicted molar refractivity (Wildman–Crippen MR) is 117 cm³/mol. The van der Waals surface area contributed by atoms with E-state index in [1.54, 1.807) is 5.30 Å². The van der Waals surface area contributed by atoms with E-state index in [4.69, 9.17) is 4.74 Å². The van der Waals surface area contributed by atoms with Gasteiger partial charge in [-0.3, -0.25) is 4.79 Å². The van der Waals surface area contributed by atoms with Gasteiger partial charge in [-0.2, -0.15) is 0 Å². The number of allylic oxidation sites excluding steroid dienone is 1. The Hall–Kier alpha value is -1.14. The molecule has 2 saturated carbocycles. The molecule has 0 saturated heterocycles. The SMILES string of the molecule is CC(=O)OCC=CC[P+](c1ccccc1)(C1CCCCC1)C1CCCCC1. The Bertz CT molecular complexity index is 580. The number of hydrogen-bond acceptors (Lipinski definition) is 2. The van der Waals surface area contributed by atoms with Crippen LogP contribution in [-0.2, 0) is 9.53 Å². The first kappa shape index (κ1) is 20.6. The largest absolute Gasteiger partial charge is 0.462 e. The van der Waals surface area contributed by atoms with Crippen molar-refractivity contribution in [3.63, 3.8) is 0 Å². The van der Waals surface area contributed by atoms with Crippen molar-refractivity contribution >= 4 is 18.5 Å². The van der Waals surface area contributed by atoms with Crippen LogP contribution in [0.2, 0.25) is 0 Å². The lowest BCUT2D eigenvalue weighted by atomic mass is 9.99.